The van der Waals surface area contributed by atoms with Gasteiger partial charge in [-0.15, -0.1) is 0 Å². The molecule has 0 aromatic carbocycles. The summed E-state index contributed by atoms with van der Waals surface area (Å²) in [7, 11) is 0. The largest absolute Gasteiger partial charge is 0.378 e. The molecule has 0 spiro atoms. The van der Waals surface area contributed by atoms with Gasteiger partial charge in [-0.25, -0.2) is 0 Å². The van der Waals surface area contributed by atoms with Crippen LogP contribution in [0.15, 0.2) is 0 Å². The molecule has 0 bridgehead atoms. The van der Waals surface area contributed by atoms with Crippen molar-refractivity contribution in [2.45, 2.75) is 65.9 Å². The van der Waals surface area contributed by atoms with Gasteiger partial charge in [-0.1, -0.05) is 34.1 Å². The van der Waals surface area contributed by atoms with Crippen LogP contribution in [0.4, 0.5) is 0 Å². The van der Waals surface area contributed by atoms with Gasteiger partial charge in [0, 0.05) is 6.61 Å². The van der Waals surface area contributed by atoms with E-state index >= 15 is 0 Å². The first-order valence-corrected chi connectivity index (χ1v) is 7.30. The number of hydrogen-bond donors (Lipinski definition) is 1. The molecular formula is C15H31NO. The molecule has 1 rings (SSSR count). The average Bonchev–Trinajstić information content (AvgIpc) is 2.28. The Labute approximate surface area is 107 Å². The summed E-state index contributed by atoms with van der Waals surface area (Å²) >= 11 is 0. The van der Waals surface area contributed by atoms with Crippen LogP contribution in [0.2, 0.25) is 0 Å². The van der Waals surface area contributed by atoms with Crippen LogP contribution in [-0.4, -0.2) is 19.3 Å². The van der Waals surface area contributed by atoms with E-state index in [9.17, 15) is 0 Å². The molecule has 3 unspecified atom stereocenters. The van der Waals surface area contributed by atoms with Crippen molar-refractivity contribution in [3.05, 3.63) is 0 Å². The van der Waals surface area contributed by atoms with E-state index in [0.717, 1.165) is 19.1 Å². The number of unbranched alkanes of at least 4 members (excludes halogenated alkanes) is 1. The van der Waals surface area contributed by atoms with Crippen molar-refractivity contribution < 1.29 is 4.74 Å². The highest BCUT2D eigenvalue weighted by atomic mass is 16.5. The van der Waals surface area contributed by atoms with Crippen LogP contribution in [0.3, 0.4) is 0 Å². The smallest absolute Gasteiger partial charge is 0.0618 e. The average molecular weight is 241 g/mol. The van der Waals surface area contributed by atoms with Gasteiger partial charge in [0.2, 0.25) is 0 Å². The minimum atomic E-state index is 0.407. The molecule has 102 valence electrons. The molecule has 3 atom stereocenters. The molecule has 2 nitrogen and oxygen atoms in total. The van der Waals surface area contributed by atoms with Crippen molar-refractivity contribution in [3.63, 3.8) is 0 Å². The van der Waals surface area contributed by atoms with Gasteiger partial charge >= 0.3 is 0 Å². The summed E-state index contributed by atoms with van der Waals surface area (Å²) in [5, 5.41) is 0. The maximum absolute atomic E-state index is 6.07. The Morgan fingerprint density at radius 3 is 2.47 bits per heavy atom. The molecule has 0 aromatic rings. The second kappa shape index (κ2) is 6.75. The first-order valence-electron chi connectivity index (χ1n) is 7.30. The van der Waals surface area contributed by atoms with Gasteiger partial charge in [-0.3, -0.25) is 0 Å². The molecule has 0 radical (unpaired) electrons. The number of hydrogen-bond acceptors (Lipinski definition) is 2. The lowest BCUT2D eigenvalue weighted by atomic mass is 9.68. The van der Waals surface area contributed by atoms with Crippen molar-refractivity contribution in [1.82, 2.24) is 0 Å². The van der Waals surface area contributed by atoms with Crippen molar-refractivity contribution in [2.24, 2.45) is 23.0 Å². The molecule has 1 aliphatic carbocycles. The number of nitrogens with two attached hydrogens (primary N) is 1. The molecule has 0 aromatic heterocycles. The maximum atomic E-state index is 6.07. The quantitative estimate of drug-likeness (QED) is 0.747. The van der Waals surface area contributed by atoms with Crippen molar-refractivity contribution in [1.29, 1.82) is 0 Å². The molecule has 0 heterocycles. The Morgan fingerprint density at radius 1 is 1.24 bits per heavy atom. The van der Waals surface area contributed by atoms with Crippen LogP contribution in [0.5, 0.6) is 0 Å². The highest BCUT2D eigenvalue weighted by Crippen LogP contribution is 2.40. The van der Waals surface area contributed by atoms with E-state index in [1.54, 1.807) is 0 Å². The lowest BCUT2D eigenvalue weighted by Gasteiger charge is -2.41. The van der Waals surface area contributed by atoms with Gasteiger partial charge in [0.25, 0.3) is 0 Å². The maximum Gasteiger partial charge on any atom is 0.0618 e. The summed E-state index contributed by atoms with van der Waals surface area (Å²) in [5.74, 6) is 1.38. The van der Waals surface area contributed by atoms with E-state index in [1.165, 1.54) is 32.1 Å². The lowest BCUT2D eigenvalue weighted by Crippen LogP contribution is -2.40. The third-order valence-electron chi connectivity index (χ3n) is 4.29. The zero-order chi connectivity index (χ0) is 12.9. The Kier molecular flexibility index (Phi) is 5.94. The zero-order valence-corrected chi connectivity index (χ0v) is 12.2. The Bertz CT molecular complexity index is 209. The first kappa shape index (κ1) is 15.0. The van der Waals surface area contributed by atoms with Gasteiger partial charge in [-0.05, 0) is 49.5 Å². The molecular weight excluding hydrogens is 210 g/mol. The molecule has 17 heavy (non-hydrogen) atoms. The SMILES string of the molecule is CCCCOC1CC(C(C)(C)C)CCC1CN. The first-order chi connectivity index (χ1) is 7.99. The van der Waals surface area contributed by atoms with Crippen molar-refractivity contribution in [2.75, 3.05) is 13.2 Å². The van der Waals surface area contributed by atoms with Gasteiger partial charge in [0.15, 0.2) is 0 Å². The third-order valence-corrected chi connectivity index (χ3v) is 4.29. The predicted molar refractivity (Wildman–Crippen MR) is 74.0 cm³/mol. The standard InChI is InChI=1S/C15H31NO/c1-5-6-9-17-14-10-13(15(2,3)4)8-7-12(14)11-16/h12-14H,5-11,16H2,1-4H3. The van der Waals surface area contributed by atoms with Gasteiger partial charge in [0.1, 0.15) is 0 Å². The molecule has 1 aliphatic rings. The van der Waals surface area contributed by atoms with E-state index < -0.39 is 0 Å². The van der Waals surface area contributed by atoms with Crippen LogP contribution in [-0.2, 0) is 4.74 Å². The molecule has 2 heteroatoms. The molecule has 0 saturated heterocycles. The Hall–Kier alpha value is -0.0800. The van der Waals surface area contributed by atoms with E-state index in [0.29, 0.717) is 17.4 Å². The zero-order valence-electron chi connectivity index (χ0n) is 12.2. The minimum Gasteiger partial charge on any atom is -0.378 e. The summed E-state index contributed by atoms with van der Waals surface area (Å²) in [4.78, 5) is 0. The second-order valence-electron chi connectivity index (χ2n) is 6.63. The third kappa shape index (κ3) is 4.59. The second-order valence-corrected chi connectivity index (χ2v) is 6.63. The van der Waals surface area contributed by atoms with Crippen molar-refractivity contribution >= 4 is 0 Å². The summed E-state index contributed by atoms with van der Waals surface area (Å²) in [6.45, 7) is 11.0. The van der Waals surface area contributed by atoms with Crippen LogP contribution < -0.4 is 5.73 Å². The summed E-state index contributed by atoms with van der Waals surface area (Å²) in [5.41, 5.74) is 6.28. The lowest BCUT2D eigenvalue weighted by molar-refractivity contribution is -0.0412. The minimum absolute atomic E-state index is 0.407. The molecule has 1 saturated carbocycles. The van der Waals surface area contributed by atoms with E-state index in [-0.39, 0.29) is 0 Å². The molecule has 0 aliphatic heterocycles. The van der Waals surface area contributed by atoms with Gasteiger partial charge in [-0.2, -0.15) is 0 Å². The monoisotopic (exact) mass is 241 g/mol. The summed E-state index contributed by atoms with van der Waals surface area (Å²) in [6.07, 6.45) is 6.56. The highest BCUT2D eigenvalue weighted by molar-refractivity contribution is 4.86. The van der Waals surface area contributed by atoms with Crippen LogP contribution in [0.25, 0.3) is 0 Å². The van der Waals surface area contributed by atoms with Gasteiger partial charge in [0.05, 0.1) is 6.10 Å². The normalized spacial score (nSPS) is 30.5. The Morgan fingerprint density at radius 2 is 1.94 bits per heavy atom. The van der Waals surface area contributed by atoms with E-state index in [2.05, 4.69) is 27.7 Å². The summed E-state index contributed by atoms with van der Waals surface area (Å²) in [6, 6.07) is 0. The van der Waals surface area contributed by atoms with Crippen molar-refractivity contribution in [3.8, 4) is 0 Å². The van der Waals surface area contributed by atoms with Crippen LogP contribution >= 0.6 is 0 Å². The summed E-state index contributed by atoms with van der Waals surface area (Å²) < 4.78 is 6.07. The van der Waals surface area contributed by atoms with Gasteiger partial charge < -0.3 is 10.5 Å². The number of rotatable bonds is 5. The van der Waals surface area contributed by atoms with Crippen LogP contribution in [0, 0.1) is 17.3 Å². The van der Waals surface area contributed by atoms with E-state index in [4.69, 9.17) is 10.5 Å². The molecule has 2 N–H and O–H groups in total. The Balaban J connectivity index is 2.49. The molecule has 1 fully saturated rings. The fourth-order valence-electron chi connectivity index (χ4n) is 2.83. The number of ether oxygens (including phenoxy) is 1. The predicted octanol–water partition coefficient (Wildman–Crippen LogP) is 3.59. The fourth-order valence-corrected chi connectivity index (χ4v) is 2.83. The topological polar surface area (TPSA) is 35.2 Å². The fraction of sp³-hybridized carbons (Fsp3) is 1.00. The highest BCUT2D eigenvalue weighted by Gasteiger charge is 2.35. The van der Waals surface area contributed by atoms with E-state index in [1.807, 2.05) is 0 Å². The van der Waals surface area contributed by atoms with Crippen LogP contribution in [0.1, 0.15) is 59.8 Å². The molecule has 0 amide bonds.